The molecule has 0 aliphatic rings. The summed E-state index contributed by atoms with van der Waals surface area (Å²) in [5, 5.41) is 2.56. The summed E-state index contributed by atoms with van der Waals surface area (Å²) in [6, 6.07) is 11.0. The zero-order valence-electron chi connectivity index (χ0n) is 13.0. The molecule has 0 atom stereocenters. The molecule has 0 saturated heterocycles. The summed E-state index contributed by atoms with van der Waals surface area (Å²) in [6.07, 6.45) is 2.74. The molecule has 2 heterocycles. The van der Waals surface area contributed by atoms with Crippen LogP contribution >= 0.6 is 0 Å². The number of hydrogen-bond donors (Lipinski definition) is 2. The Kier molecular flexibility index (Phi) is 4.42. The molecular weight excluding hydrogens is 324 g/mol. The van der Waals surface area contributed by atoms with Crippen LogP contribution in [0, 0.1) is 0 Å². The van der Waals surface area contributed by atoms with Crippen molar-refractivity contribution in [1.82, 2.24) is 9.55 Å². The van der Waals surface area contributed by atoms with E-state index in [0.29, 0.717) is 11.5 Å². The van der Waals surface area contributed by atoms with E-state index < -0.39 is 17.4 Å². The lowest BCUT2D eigenvalue weighted by Gasteiger charge is -2.10. The number of aromatic nitrogens is 2. The van der Waals surface area contributed by atoms with Crippen molar-refractivity contribution in [1.29, 1.82) is 0 Å². The van der Waals surface area contributed by atoms with E-state index in [-0.39, 0.29) is 17.8 Å². The minimum atomic E-state index is -0.655. The zero-order chi connectivity index (χ0) is 17.8. The van der Waals surface area contributed by atoms with Gasteiger partial charge in [-0.15, -0.1) is 0 Å². The highest BCUT2D eigenvalue weighted by molar-refractivity contribution is 6.02. The van der Waals surface area contributed by atoms with Crippen LogP contribution < -0.4 is 16.6 Å². The maximum atomic E-state index is 12.2. The van der Waals surface area contributed by atoms with Crippen LogP contribution in [0.4, 0.5) is 5.69 Å². The summed E-state index contributed by atoms with van der Waals surface area (Å²) in [4.78, 5) is 39.7. The third kappa shape index (κ3) is 3.63. The number of carbonyl (C=O) groups is 2. The summed E-state index contributed by atoms with van der Waals surface area (Å²) < 4.78 is 6.32. The van der Waals surface area contributed by atoms with Crippen LogP contribution in [0.3, 0.4) is 0 Å². The number of benzene rings is 1. The van der Waals surface area contributed by atoms with Gasteiger partial charge in [-0.2, -0.15) is 0 Å². The van der Waals surface area contributed by atoms with Gasteiger partial charge in [-0.05, 0) is 24.3 Å². The number of hydrogen-bond acceptors (Lipinski definition) is 5. The number of anilines is 1. The van der Waals surface area contributed by atoms with Gasteiger partial charge in [0, 0.05) is 6.07 Å². The number of nitrogens with two attached hydrogens (primary N) is 1. The molecule has 1 aromatic carbocycles. The van der Waals surface area contributed by atoms with Gasteiger partial charge in [0.2, 0.25) is 5.91 Å². The third-order valence-corrected chi connectivity index (χ3v) is 3.43. The molecule has 0 saturated carbocycles. The number of nitrogens with zero attached hydrogens (tertiary/aromatic N) is 2. The predicted octanol–water partition coefficient (Wildman–Crippen LogP) is 1.24. The molecule has 0 aliphatic heterocycles. The maximum absolute atomic E-state index is 12.2. The van der Waals surface area contributed by atoms with E-state index in [4.69, 9.17) is 10.2 Å². The highest BCUT2D eigenvalue weighted by Crippen LogP contribution is 2.15. The highest BCUT2D eigenvalue weighted by atomic mass is 16.3. The first-order chi connectivity index (χ1) is 12.0. The van der Waals surface area contributed by atoms with E-state index in [2.05, 4.69) is 10.3 Å². The molecule has 126 valence electrons. The number of carbonyl (C=O) groups excluding carboxylic acids is 2. The highest BCUT2D eigenvalue weighted by Gasteiger charge is 2.12. The van der Waals surface area contributed by atoms with E-state index >= 15 is 0 Å². The third-order valence-electron chi connectivity index (χ3n) is 3.43. The fourth-order valence-corrected chi connectivity index (χ4v) is 2.26. The minimum Gasteiger partial charge on any atom is -0.463 e. The van der Waals surface area contributed by atoms with Crippen molar-refractivity contribution in [2.75, 3.05) is 5.32 Å². The molecule has 0 aliphatic carbocycles. The number of para-hydroxylation sites is 1. The lowest BCUT2D eigenvalue weighted by atomic mass is 10.1. The van der Waals surface area contributed by atoms with E-state index in [1.807, 2.05) is 0 Å². The second kappa shape index (κ2) is 6.83. The smallest absolute Gasteiger partial charge is 0.254 e. The summed E-state index contributed by atoms with van der Waals surface area (Å²) in [7, 11) is 0. The Hall–Kier alpha value is -3.68. The minimum absolute atomic E-state index is 0.189. The fourth-order valence-electron chi connectivity index (χ4n) is 2.26. The maximum Gasteiger partial charge on any atom is 0.254 e. The van der Waals surface area contributed by atoms with Crippen LogP contribution in [0.1, 0.15) is 10.4 Å². The van der Waals surface area contributed by atoms with Gasteiger partial charge >= 0.3 is 0 Å². The van der Waals surface area contributed by atoms with Crippen LogP contribution in [-0.4, -0.2) is 21.4 Å². The summed E-state index contributed by atoms with van der Waals surface area (Å²) in [5.41, 5.74) is 5.72. The standard InChI is InChI=1S/C17H14N4O4/c18-17(24)11-4-1-2-5-12(11)20-15(22)9-21-10-19-13(8-16(21)23)14-6-3-7-25-14/h1-8,10H,9H2,(H2,18,24)(H,20,22). The molecule has 0 radical (unpaired) electrons. The normalized spacial score (nSPS) is 10.4. The lowest BCUT2D eigenvalue weighted by Crippen LogP contribution is -2.28. The molecule has 2 amide bonds. The predicted molar refractivity (Wildman–Crippen MR) is 89.8 cm³/mol. The van der Waals surface area contributed by atoms with Gasteiger partial charge in [-0.25, -0.2) is 4.98 Å². The molecule has 0 spiro atoms. The van der Waals surface area contributed by atoms with Crippen LogP contribution in [0.15, 0.2) is 64.3 Å². The number of primary amides is 1. The summed E-state index contributed by atoms with van der Waals surface area (Å²) in [6.45, 7) is -0.253. The molecule has 8 heteroatoms. The summed E-state index contributed by atoms with van der Waals surface area (Å²) >= 11 is 0. The van der Waals surface area contributed by atoms with Gasteiger partial charge in [0.05, 0.1) is 23.8 Å². The fraction of sp³-hybridized carbons (Fsp3) is 0.0588. The first kappa shape index (κ1) is 16.2. The number of rotatable bonds is 5. The average molecular weight is 338 g/mol. The zero-order valence-corrected chi connectivity index (χ0v) is 13.0. The average Bonchev–Trinajstić information content (AvgIpc) is 3.11. The molecule has 2 aromatic heterocycles. The SMILES string of the molecule is NC(=O)c1ccccc1NC(=O)Cn1cnc(-c2ccco2)cc1=O. The van der Waals surface area contributed by atoms with Crippen molar-refractivity contribution in [3.8, 4) is 11.5 Å². The van der Waals surface area contributed by atoms with Crippen LogP contribution in [0.2, 0.25) is 0 Å². The first-order valence-corrected chi connectivity index (χ1v) is 7.33. The van der Waals surface area contributed by atoms with Gasteiger partial charge in [0.1, 0.15) is 12.2 Å². The molecule has 0 unspecified atom stereocenters. The number of nitrogens with one attached hydrogen (secondary N) is 1. The number of furan rings is 1. The van der Waals surface area contributed by atoms with E-state index in [9.17, 15) is 14.4 Å². The molecular formula is C17H14N4O4. The van der Waals surface area contributed by atoms with Crippen LogP contribution in [0.25, 0.3) is 11.5 Å². The molecule has 8 nitrogen and oxygen atoms in total. The topological polar surface area (TPSA) is 120 Å². The van der Waals surface area contributed by atoms with Crippen molar-refractivity contribution in [2.24, 2.45) is 5.73 Å². The second-order valence-electron chi connectivity index (χ2n) is 5.18. The molecule has 25 heavy (non-hydrogen) atoms. The van der Waals surface area contributed by atoms with E-state index in [0.717, 1.165) is 4.57 Å². The van der Waals surface area contributed by atoms with Gasteiger partial charge in [0.15, 0.2) is 5.76 Å². The molecule has 0 bridgehead atoms. The van der Waals surface area contributed by atoms with Gasteiger partial charge in [-0.3, -0.25) is 19.0 Å². The molecule has 0 fully saturated rings. The Labute approximate surface area is 141 Å². The Morgan fingerprint density at radius 3 is 2.68 bits per heavy atom. The Bertz CT molecular complexity index is 976. The van der Waals surface area contributed by atoms with E-state index in [1.165, 1.54) is 24.7 Å². The Morgan fingerprint density at radius 1 is 1.20 bits per heavy atom. The molecule has 3 aromatic rings. The van der Waals surface area contributed by atoms with Crippen molar-refractivity contribution in [3.63, 3.8) is 0 Å². The van der Waals surface area contributed by atoms with Crippen molar-refractivity contribution in [3.05, 3.63) is 71.0 Å². The molecule has 3 rings (SSSR count). The summed E-state index contributed by atoms with van der Waals surface area (Å²) in [5.74, 6) is -0.676. The number of amides is 2. The van der Waals surface area contributed by atoms with Gasteiger partial charge < -0.3 is 15.5 Å². The van der Waals surface area contributed by atoms with Gasteiger partial charge in [0.25, 0.3) is 11.5 Å². The van der Waals surface area contributed by atoms with E-state index in [1.54, 1.807) is 30.3 Å². The van der Waals surface area contributed by atoms with Crippen LogP contribution in [0.5, 0.6) is 0 Å². The second-order valence-corrected chi connectivity index (χ2v) is 5.18. The monoisotopic (exact) mass is 338 g/mol. The van der Waals surface area contributed by atoms with Crippen molar-refractivity contribution >= 4 is 17.5 Å². The van der Waals surface area contributed by atoms with Gasteiger partial charge in [-0.1, -0.05) is 12.1 Å². The Balaban J connectivity index is 1.76. The first-order valence-electron chi connectivity index (χ1n) is 7.33. The quantitative estimate of drug-likeness (QED) is 0.725. The molecule has 3 N–H and O–H groups in total. The van der Waals surface area contributed by atoms with Crippen LogP contribution in [-0.2, 0) is 11.3 Å². The Morgan fingerprint density at radius 2 is 2.00 bits per heavy atom. The largest absolute Gasteiger partial charge is 0.463 e. The van der Waals surface area contributed by atoms with Crippen molar-refractivity contribution in [2.45, 2.75) is 6.54 Å². The lowest BCUT2D eigenvalue weighted by molar-refractivity contribution is -0.116. The van der Waals surface area contributed by atoms with Crippen molar-refractivity contribution < 1.29 is 14.0 Å².